The molecule has 0 fully saturated rings. The second-order valence-corrected chi connectivity index (χ2v) is 6.78. The molecule has 0 aromatic rings. The molecule has 0 radical (unpaired) electrons. The highest BCUT2D eigenvalue weighted by molar-refractivity contribution is 4.83. The van der Waals surface area contributed by atoms with Gasteiger partial charge in [0.05, 0.1) is 0 Å². The summed E-state index contributed by atoms with van der Waals surface area (Å²) in [6.07, 6.45) is 1.19. The Morgan fingerprint density at radius 2 is 1.44 bits per heavy atom. The van der Waals surface area contributed by atoms with Gasteiger partial charge in [0, 0.05) is 39.8 Å². The Bertz CT molecular complexity index is 192. The second-order valence-electron chi connectivity index (χ2n) is 6.78. The van der Waals surface area contributed by atoms with Crippen molar-refractivity contribution in [3.05, 3.63) is 0 Å². The molecule has 0 saturated carbocycles. The van der Waals surface area contributed by atoms with Crippen LogP contribution >= 0.6 is 0 Å². The fraction of sp³-hybridized carbons (Fsp3) is 1.00. The topological polar surface area (TPSA) is 18.5 Å². The third-order valence-electron chi connectivity index (χ3n) is 2.69. The molecule has 0 aliphatic rings. The molecule has 0 aromatic heterocycles. The standard InChI is InChI=1S/C13H31N3/c1-12(2,3)11-13(4,5)14-9-10-16(8)15(6)7/h14H,9-11H2,1-8H3. The molecule has 0 spiro atoms. The van der Waals surface area contributed by atoms with Crippen LogP contribution in [-0.4, -0.2) is 49.8 Å². The monoisotopic (exact) mass is 229 g/mol. The fourth-order valence-corrected chi connectivity index (χ4v) is 2.14. The van der Waals surface area contributed by atoms with Crippen molar-refractivity contribution in [3.63, 3.8) is 0 Å². The summed E-state index contributed by atoms with van der Waals surface area (Å²) in [6.45, 7) is 13.5. The van der Waals surface area contributed by atoms with Crippen molar-refractivity contribution in [2.75, 3.05) is 34.2 Å². The van der Waals surface area contributed by atoms with Crippen LogP contribution in [0.3, 0.4) is 0 Å². The highest BCUT2D eigenvalue weighted by Gasteiger charge is 2.24. The number of hydrogen-bond acceptors (Lipinski definition) is 3. The van der Waals surface area contributed by atoms with Gasteiger partial charge in [-0.1, -0.05) is 20.8 Å². The minimum absolute atomic E-state index is 0.214. The van der Waals surface area contributed by atoms with E-state index in [0.29, 0.717) is 5.41 Å². The molecule has 0 rings (SSSR count). The van der Waals surface area contributed by atoms with Crippen LogP contribution < -0.4 is 5.32 Å². The first-order valence-electron chi connectivity index (χ1n) is 6.17. The van der Waals surface area contributed by atoms with Crippen molar-refractivity contribution in [2.45, 2.75) is 46.6 Å². The highest BCUT2D eigenvalue weighted by Crippen LogP contribution is 2.26. The van der Waals surface area contributed by atoms with Crippen molar-refractivity contribution >= 4 is 0 Å². The largest absolute Gasteiger partial charge is 0.310 e. The summed E-state index contributed by atoms with van der Waals surface area (Å²) in [5.41, 5.74) is 0.593. The van der Waals surface area contributed by atoms with E-state index in [1.807, 2.05) is 0 Å². The molecular formula is C13H31N3. The minimum Gasteiger partial charge on any atom is -0.310 e. The predicted octanol–water partition coefficient (Wildman–Crippen LogP) is 2.20. The lowest BCUT2D eigenvalue weighted by Gasteiger charge is -2.34. The van der Waals surface area contributed by atoms with Gasteiger partial charge in [-0.05, 0) is 25.7 Å². The van der Waals surface area contributed by atoms with Crippen LogP contribution in [0.5, 0.6) is 0 Å². The molecule has 16 heavy (non-hydrogen) atoms. The van der Waals surface area contributed by atoms with Gasteiger partial charge in [-0.3, -0.25) is 0 Å². The Kier molecular flexibility index (Phi) is 5.94. The zero-order valence-electron chi connectivity index (χ0n) is 12.5. The van der Waals surface area contributed by atoms with Crippen molar-refractivity contribution < 1.29 is 0 Å². The Hall–Kier alpha value is -0.120. The number of hydrogen-bond donors (Lipinski definition) is 1. The number of hydrazine groups is 1. The number of nitrogens with one attached hydrogen (secondary N) is 1. The van der Waals surface area contributed by atoms with Crippen LogP contribution in [0.1, 0.15) is 41.0 Å². The third-order valence-corrected chi connectivity index (χ3v) is 2.69. The molecule has 98 valence electrons. The molecule has 0 aliphatic heterocycles. The molecule has 3 nitrogen and oxygen atoms in total. The summed E-state index contributed by atoms with van der Waals surface area (Å²) >= 11 is 0. The number of nitrogens with zero attached hydrogens (tertiary/aromatic N) is 2. The van der Waals surface area contributed by atoms with Crippen molar-refractivity contribution in [1.29, 1.82) is 0 Å². The van der Waals surface area contributed by atoms with Crippen LogP contribution in [0.4, 0.5) is 0 Å². The van der Waals surface area contributed by atoms with Crippen LogP contribution in [0.2, 0.25) is 0 Å². The van der Waals surface area contributed by atoms with Crippen molar-refractivity contribution in [3.8, 4) is 0 Å². The van der Waals surface area contributed by atoms with E-state index in [2.05, 4.69) is 71.1 Å². The molecule has 0 aliphatic carbocycles. The molecule has 0 unspecified atom stereocenters. The van der Waals surface area contributed by atoms with Gasteiger partial charge in [0.15, 0.2) is 0 Å². The maximum absolute atomic E-state index is 3.63. The van der Waals surface area contributed by atoms with E-state index in [4.69, 9.17) is 0 Å². The van der Waals surface area contributed by atoms with Gasteiger partial charge in [-0.15, -0.1) is 0 Å². The summed E-state index contributed by atoms with van der Waals surface area (Å²) in [7, 11) is 6.25. The summed E-state index contributed by atoms with van der Waals surface area (Å²) in [6, 6.07) is 0. The molecule has 0 atom stereocenters. The van der Waals surface area contributed by atoms with E-state index < -0.39 is 0 Å². The zero-order valence-corrected chi connectivity index (χ0v) is 12.5. The summed E-state index contributed by atoms with van der Waals surface area (Å²) in [5, 5.41) is 7.95. The lowest BCUT2D eigenvalue weighted by Crippen LogP contribution is -2.47. The van der Waals surface area contributed by atoms with E-state index in [1.165, 1.54) is 6.42 Å². The van der Waals surface area contributed by atoms with Gasteiger partial charge in [0.25, 0.3) is 0 Å². The van der Waals surface area contributed by atoms with Crippen LogP contribution in [0, 0.1) is 5.41 Å². The minimum atomic E-state index is 0.214. The Labute approximate surface area is 102 Å². The molecular weight excluding hydrogens is 198 g/mol. The highest BCUT2D eigenvalue weighted by atomic mass is 15.6. The maximum atomic E-state index is 3.63. The molecule has 0 heterocycles. The Morgan fingerprint density at radius 1 is 0.938 bits per heavy atom. The fourth-order valence-electron chi connectivity index (χ4n) is 2.14. The molecule has 0 saturated heterocycles. The summed E-state index contributed by atoms with van der Waals surface area (Å²) in [4.78, 5) is 0. The average Bonchev–Trinajstić information content (AvgIpc) is 1.98. The van der Waals surface area contributed by atoms with Crippen molar-refractivity contribution in [2.24, 2.45) is 5.41 Å². The first kappa shape index (κ1) is 15.9. The Balaban J connectivity index is 3.91. The molecule has 0 aromatic carbocycles. The first-order chi connectivity index (χ1) is 7.03. The van der Waals surface area contributed by atoms with Gasteiger partial charge in [0.2, 0.25) is 0 Å². The molecule has 0 bridgehead atoms. The van der Waals surface area contributed by atoms with E-state index in [9.17, 15) is 0 Å². The van der Waals surface area contributed by atoms with Gasteiger partial charge < -0.3 is 5.32 Å². The number of likely N-dealkylation sites (N-methyl/N-ethyl adjacent to an activating group) is 1. The van der Waals surface area contributed by atoms with Crippen LogP contribution in [0.15, 0.2) is 0 Å². The van der Waals surface area contributed by atoms with E-state index >= 15 is 0 Å². The van der Waals surface area contributed by atoms with Crippen molar-refractivity contribution in [1.82, 2.24) is 15.3 Å². The lowest BCUT2D eigenvalue weighted by atomic mass is 9.82. The van der Waals surface area contributed by atoms with E-state index in [-0.39, 0.29) is 5.54 Å². The molecule has 1 N–H and O–H groups in total. The lowest BCUT2D eigenvalue weighted by molar-refractivity contribution is 0.0544. The van der Waals surface area contributed by atoms with Crippen LogP contribution in [0.25, 0.3) is 0 Å². The van der Waals surface area contributed by atoms with E-state index in [0.717, 1.165) is 13.1 Å². The summed E-state index contributed by atoms with van der Waals surface area (Å²) < 4.78 is 0. The molecule has 3 heteroatoms. The summed E-state index contributed by atoms with van der Waals surface area (Å²) in [5.74, 6) is 0. The third kappa shape index (κ3) is 8.08. The van der Waals surface area contributed by atoms with Gasteiger partial charge in [-0.2, -0.15) is 0 Å². The van der Waals surface area contributed by atoms with Gasteiger partial charge >= 0.3 is 0 Å². The second kappa shape index (κ2) is 5.99. The van der Waals surface area contributed by atoms with Crippen LogP contribution in [-0.2, 0) is 0 Å². The first-order valence-corrected chi connectivity index (χ1v) is 6.17. The van der Waals surface area contributed by atoms with Gasteiger partial charge in [-0.25, -0.2) is 10.0 Å². The van der Waals surface area contributed by atoms with Gasteiger partial charge in [0.1, 0.15) is 0 Å². The maximum Gasteiger partial charge on any atom is 0.0255 e. The zero-order chi connectivity index (χ0) is 13.0. The number of rotatable bonds is 6. The molecule has 0 amide bonds. The van der Waals surface area contributed by atoms with E-state index in [1.54, 1.807) is 0 Å². The Morgan fingerprint density at radius 3 is 1.81 bits per heavy atom. The quantitative estimate of drug-likeness (QED) is 0.705. The predicted molar refractivity (Wildman–Crippen MR) is 72.5 cm³/mol. The SMILES string of the molecule is CN(C)N(C)CCNC(C)(C)CC(C)(C)C. The normalized spacial score (nSPS) is 13.9. The average molecular weight is 229 g/mol. The smallest absolute Gasteiger partial charge is 0.0255 e.